The highest BCUT2D eigenvalue weighted by Gasteiger charge is 2.24. The molecule has 0 radical (unpaired) electrons. The molecular formula is C21H24N6O2. The zero-order valence-electron chi connectivity index (χ0n) is 16.3. The Hall–Kier alpha value is -3.55. The molecule has 0 spiro atoms. The van der Waals surface area contributed by atoms with Crippen LogP contribution in [-0.2, 0) is 4.79 Å². The average Bonchev–Trinajstić information content (AvgIpc) is 3.22. The second-order valence-electron chi connectivity index (χ2n) is 7.10. The van der Waals surface area contributed by atoms with Gasteiger partial charge in [-0.15, -0.1) is 0 Å². The number of anilines is 2. The number of rotatable bonds is 4. The van der Waals surface area contributed by atoms with Gasteiger partial charge in [0.2, 0.25) is 5.91 Å². The van der Waals surface area contributed by atoms with Crippen LogP contribution in [0.5, 0.6) is 0 Å². The Kier molecular flexibility index (Phi) is 5.33. The lowest BCUT2D eigenvalue weighted by molar-refractivity contribution is -0.117. The maximum Gasteiger partial charge on any atom is 0.318 e. The highest BCUT2D eigenvalue weighted by Crippen LogP contribution is 2.18. The maximum atomic E-state index is 12.5. The van der Waals surface area contributed by atoms with Crippen LogP contribution >= 0.6 is 0 Å². The highest BCUT2D eigenvalue weighted by atomic mass is 16.2. The minimum Gasteiger partial charge on any atom is -0.361 e. The number of nitrogens with zero attached hydrogens (tertiary/aromatic N) is 3. The number of hydrogen-bond donors (Lipinski definition) is 3. The second-order valence-corrected chi connectivity index (χ2v) is 7.10. The molecule has 3 heterocycles. The minimum absolute atomic E-state index is 0.229. The smallest absolute Gasteiger partial charge is 0.318 e. The van der Waals surface area contributed by atoms with E-state index in [0.717, 1.165) is 16.7 Å². The van der Waals surface area contributed by atoms with E-state index >= 15 is 0 Å². The van der Waals surface area contributed by atoms with Crippen molar-refractivity contribution < 1.29 is 9.59 Å². The number of piperazine rings is 1. The Balaban J connectivity index is 1.28. The summed E-state index contributed by atoms with van der Waals surface area (Å²) in [5.74, 6) is 0.663. The summed E-state index contributed by atoms with van der Waals surface area (Å²) >= 11 is 0. The van der Waals surface area contributed by atoms with Gasteiger partial charge in [0.15, 0.2) is 0 Å². The van der Waals surface area contributed by atoms with Crippen LogP contribution in [-0.4, -0.2) is 59.0 Å². The standard InChI is InChI=1S/C21H24N6O2/c1-15(20(28)25-17-6-5-16-7-9-22-18(16)14-17)24-21(29)27-12-10-26(11-13-27)19-4-2-3-8-23-19/h2-9,14-15,22H,10-13H2,1H3,(H,24,29)(H,25,28)/t15-/m1/s1. The fourth-order valence-corrected chi connectivity index (χ4v) is 3.40. The van der Waals surface area contributed by atoms with Gasteiger partial charge in [0, 0.05) is 49.8 Å². The van der Waals surface area contributed by atoms with E-state index in [1.807, 2.05) is 48.7 Å². The van der Waals surface area contributed by atoms with Crippen molar-refractivity contribution in [3.05, 3.63) is 54.9 Å². The molecule has 1 aromatic carbocycles. The molecule has 3 amide bonds. The van der Waals surface area contributed by atoms with E-state index in [9.17, 15) is 9.59 Å². The van der Waals surface area contributed by atoms with Crippen LogP contribution in [0.1, 0.15) is 6.92 Å². The van der Waals surface area contributed by atoms with Crippen molar-refractivity contribution in [2.75, 3.05) is 36.4 Å². The van der Waals surface area contributed by atoms with Gasteiger partial charge in [0.25, 0.3) is 0 Å². The number of carbonyl (C=O) groups is 2. The number of carbonyl (C=O) groups excluding carboxylic acids is 2. The number of benzene rings is 1. The normalized spacial score (nSPS) is 15.2. The molecule has 1 fully saturated rings. The molecule has 1 atom stereocenters. The Bertz CT molecular complexity index is 995. The van der Waals surface area contributed by atoms with Crippen LogP contribution in [0.4, 0.5) is 16.3 Å². The maximum absolute atomic E-state index is 12.5. The topological polar surface area (TPSA) is 93.4 Å². The van der Waals surface area contributed by atoms with E-state index in [1.165, 1.54) is 0 Å². The van der Waals surface area contributed by atoms with Crippen molar-refractivity contribution in [3.8, 4) is 0 Å². The summed E-state index contributed by atoms with van der Waals surface area (Å²) in [5.41, 5.74) is 1.64. The summed E-state index contributed by atoms with van der Waals surface area (Å²) in [4.78, 5) is 36.4. The SMILES string of the molecule is C[C@@H](NC(=O)N1CCN(c2ccccn2)CC1)C(=O)Nc1ccc2cc[nH]c2c1. The van der Waals surface area contributed by atoms with Gasteiger partial charge in [0.1, 0.15) is 11.9 Å². The number of pyridine rings is 1. The van der Waals surface area contributed by atoms with Crippen LogP contribution in [0.2, 0.25) is 0 Å². The van der Waals surface area contributed by atoms with Crippen molar-refractivity contribution in [1.29, 1.82) is 0 Å². The number of fused-ring (bicyclic) bond motifs is 1. The van der Waals surface area contributed by atoms with Crippen LogP contribution in [0.15, 0.2) is 54.9 Å². The summed E-state index contributed by atoms with van der Waals surface area (Å²) in [5, 5.41) is 6.72. The monoisotopic (exact) mass is 392 g/mol. The van der Waals surface area contributed by atoms with Crippen LogP contribution in [0.3, 0.4) is 0 Å². The van der Waals surface area contributed by atoms with Crippen LogP contribution in [0, 0.1) is 0 Å². The van der Waals surface area contributed by atoms with Gasteiger partial charge >= 0.3 is 6.03 Å². The quantitative estimate of drug-likeness (QED) is 0.636. The lowest BCUT2D eigenvalue weighted by Gasteiger charge is -2.35. The molecule has 1 saturated heterocycles. The summed E-state index contributed by atoms with van der Waals surface area (Å²) < 4.78 is 0. The molecule has 8 nitrogen and oxygen atoms in total. The highest BCUT2D eigenvalue weighted by molar-refractivity contribution is 5.98. The largest absolute Gasteiger partial charge is 0.361 e. The fraction of sp³-hybridized carbons (Fsp3) is 0.286. The number of H-pyrrole nitrogens is 1. The van der Waals surface area contributed by atoms with E-state index in [-0.39, 0.29) is 11.9 Å². The Morgan fingerprint density at radius 3 is 2.69 bits per heavy atom. The summed E-state index contributed by atoms with van der Waals surface area (Å²) in [7, 11) is 0. The molecular weight excluding hydrogens is 368 g/mol. The molecule has 0 unspecified atom stereocenters. The molecule has 8 heteroatoms. The predicted molar refractivity (Wildman–Crippen MR) is 113 cm³/mol. The first-order valence-electron chi connectivity index (χ1n) is 9.69. The van der Waals surface area contributed by atoms with E-state index in [1.54, 1.807) is 18.0 Å². The predicted octanol–water partition coefficient (Wildman–Crippen LogP) is 2.42. The molecule has 29 heavy (non-hydrogen) atoms. The summed E-state index contributed by atoms with van der Waals surface area (Å²) in [6.45, 7) is 4.27. The molecule has 0 bridgehead atoms. The first-order valence-corrected chi connectivity index (χ1v) is 9.69. The van der Waals surface area contributed by atoms with Crippen LogP contribution in [0.25, 0.3) is 10.9 Å². The van der Waals surface area contributed by atoms with Crippen molar-refractivity contribution in [3.63, 3.8) is 0 Å². The van der Waals surface area contributed by atoms with Crippen LogP contribution < -0.4 is 15.5 Å². The number of urea groups is 1. The molecule has 0 saturated carbocycles. The Morgan fingerprint density at radius 1 is 1.10 bits per heavy atom. The minimum atomic E-state index is -0.643. The fourth-order valence-electron chi connectivity index (χ4n) is 3.40. The van der Waals surface area contributed by atoms with Gasteiger partial charge in [-0.1, -0.05) is 12.1 Å². The lowest BCUT2D eigenvalue weighted by atomic mass is 10.2. The van der Waals surface area contributed by atoms with Crippen molar-refractivity contribution >= 4 is 34.3 Å². The zero-order valence-corrected chi connectivity index (χ0v) is 16.3. The number of nitrogens with one attached hydrogen (secondary N) is 3. The zero-order chi connectivity index (χ0) is 20.2. The third kappa shape index (κ3) is 4.31. The molecule has 3 N–H and O–H groups in total. The third-order valence-corrected chi connectivity index (χ3v) is 5.10. The van der Waals surface area contributed by atoms with Gasteiger partial charge in [-0.05, 0) is 42.6 Å². The Labute approximate surface area is 168 Å². The second kappa shape index (κ2) is 8.22. The molecule has 3 aromatic rings. The number of amides is 3. The average molecular weight is 392 g/mol. The van der Waals surface area contributed by atoms with Crippen molar-refractivity contribution in [2.24, 2.45) is 0 Å². The third-order valence-electron chi connectivity index (χ3n) is 5.10. The molecule has 4 rings (SSSR count). The lowest BCUT2D eigenvalue weighted by Crippen LogP contribution is -2.54. The number of aromatic nitrogens is 2. The van der Waals surface area contributed by atoms with Gasteiger partial charge in [-0.25, -0.2) is 9.78 Å². The molecule has 1 aliphatic heterocycles. The van der Waals surface area contributed by atoms with Crippen molar-refractivity contribution in [1.82, 2.24) is 20.2 Å². The first kappa shape index (κ1) is 18.8. The van der Waals surface area contributed by atoms with E-state index in [2.05, 4.69) is 25.5 Å². The summed E-state index contributed by atoms with van der Waals surface area (Å²) in [6, 6.07) is 12.6. The summed E-state index contributed by atoms with van der Waals surface area (Å²) in [6.07, 6.45) is 3.62. The number of aromatic amines is 1. The van der Waals surface area contributed by atoms with Gasteiger partial charge in [-0.2, -0.15) is 0 Å². The Morgan fingerprint density at radius 2 is 1.93 bits per heavy atom. The van der Waals surface area contributed by atoms with E-state index in [0.29, 0.717) is 31.9 Å². The van der Waals surface area contributed by atoms with E-state index in [4.69, 9.17) is 0 Å². The molecule has 2 aromatic heterocycles. The molecule has 0 aliphatic carbocycles. The first-order chi connectivity index (χ1) is 14.1. The number of hydrogen-bond acceptors (Lipinski definition) is 4. The van der Waals surface area contributed by atoms with E-state index < -0.39 is 6.04 Å². The van der Waals surface area contributed by atoms with Gasteiger partial charge in [-0.3, -0.25) is 4.79 Å². The molecule has 1 aliphatic rings. The van der Waals surface area contributed by atoms with Gasteiger partial charge < -0.3 is 25.4 Å². The molecule has 150 valence electrons. The van der Waals surface area contributed by atoms with Crippen molar-refractivity contribution in [2.45, 2.75) is 13.0 Å². The van der Waals surface area contributed by atoms with Gasteiger partial charge in [0.05, 0.1) is 0 Å².